The lowest BCUT2D eigenvalue weighted by Gasteiger charge is -2.09. The molecule has 5 nitrogen and oxygen atoms in total. The highest BCUT2D eigenvalue weighted by Gasteiger charge is 2.09. The van der Waals surface area contributed by atoms with E-state index >= 15 is 0 Å². The van der Waals surface area contributed by atoms with E-state index in [1.807, 2.05) is 32.0 Å². The number of nitrogens with zero attached hydrogens (tertiary/aromatic N) is 2. The van der Waals surface area contributed by atoms with Crippen molar-refractivity contribution in [2.45, 2.75) is 13.8 Å². The molecule has 116 valence electrons. The van der Waals surface area contributed by atoms with Crippen LogP contribution in [0.1, 0.15) is 16.8 Å². The van der Waals surface area contributed by atoms with E-state index in [1.54, 1.807) is 24.9 Å². The Hall–Kier alpha value is -2.27. The van der Waals surface area contributed by atoms with Crippen molar-refractivity contribution in [1.82, 2.24) is 9.78 Å². The summed E-state index contributed by atoms with van der Waals surface area (Å²) in [7, 11) is 3.32. The van der Waals surface area contributed by atoms with Gasteiger partial charge in [0.25, 0.3) is 0 Å². The van der Waals surface area contributed by atoms with Crippen LogP contribution in [0.4, 0.5) is 5.69 Å². The van der Waals surface area contributed by atoms with E-state index in [1.165, 1.54) is 6.08 Å². The van der Waals surface area contributed by atoms with Gasteiger partial charge >= 0.3 is 0 Å². The quantitative estimate of drug-likeness (QED) is 0.879. The molecule has 0 fully saturated rings. The number of hydrogen-bond acceptors (Lipinski definition) is 3. The first kappa shape index (κ1) is 16.1. The van der Waals surface area contributed by atoms with Gasteiger partial charge in [-0.25, -0.2) is 0 Å². The van der Waals surface area contributed by atoms with E-state index in [-0.39, 0.29) is 5.91 Å². The summed E-state index contributed by atoms with van der Waals surface area (Å²) in [6, 6.07) is 5.59. The fraction of sp³-hybridized carbons (Fsp3) is 0.250. The van der Waals surface area contributed by atoms with Gasteiger partial charge in [0, 0.05) is 18.7 Å². The van der Waals surface area contributed by atoms with E-state index in [4.69, 9.17) is 16.3 Å². The Balaban J connectivity index is 2.17. The van der Waals surface area contributed by atoms with Gasteiger partial charge in [0.15, 0.2) is 0 Å². The highest BCUT2D eigenvalue weighted by molar-refractivity contribution is 6.31. The Labute approximate surface area is 134 Å². The van der Waals surface area contributed by atoms with Crippen molar-refractivity contribution in [2.75, 3.05) is 12.4 Å². The average Bonchev–Trinajstić information content (AvgIpc) is 2.70. The predicted octanol–water partition coefficient (Wildman–Crippen LogP) is 3.35. The molecule has 1 amide bonds. The number of hydrogen-bond donors (Lipinski definition) is 1. The van der Waals surface area contributed by atoms with Crippen LogP contribution in [-0.2, 0) is 11.8 Å². The molecule has 2 rings (SSSR count). The lowest BCUT2D eigenvalue weighted by atomic mass is 10.2. The summed E-state index contributed by atoms with van der Waals surface area (Å²) in [4.78, 5) is 12.1. The number of halogens is 1. The van der Waals surface area contributed by atoms with Crippen molar-refractivity contribution >= 4 is 29.3 Å². The number of carbonyl (C=O) groups is 1. The van der Waals surface area contributed by atoms with Crippen LogP contribution >= 0.6 is 11.6 Å². The van der Waals surface area contributed by atoms with Crippen LogP contribution in [0.25, 0.3) is 6.08 Å². The maximum absolute atomic E-state index is 12.1. The minimum absolute atomic E-state index is 0.261. The summed E-state index contributed by atoms with van der Waals surface area (Å²) >= 11 is 6.12. The number of nitrogens with one attached hydrogen (secondary N) is 1. The summed E-state index contributed by atoms with van der Waals surface area (Å²) < 4.78 is 6.80. The van der Waals surface area contributed by atoms with Gasteiger partial charge in [-0.3, -0.25) is 9.48 Å². The standard InChI is InChI=1S/C16H18ClN3O2/c1-10-5-7-14(22-4)13(9-10)18-15(21)8-6-12-11(2)19-20(3)16(12)17/h5-9H,1-4H3,(H,18,21)/b8-6+. The molecule has 1 aromatic carbocycles. The molecule has 1 N–H and O–H groups in total. The third kappa shape index (κ3) is 3.49. The molecular formula is C16H18ClN3O2. The first-order chi connectivity index (χ1) is 10.4. The van der Waals surface area contributed by atoms with Crippen LogP contribution < -0.4 is 10.1 Å². The molecule has 22 heavy (non-hydrogen) atoms. The molecule has 0 aliphatic heterocycles. The van der Waals surface area contributed by atoms with Gasteiger partial charge in [-0.2, -0.15) is 5.10 Å². The van der Waals surface area contributed by atoms with Crippen molar-refractivity contribution in [3.8, 4) is 5.75 Å². The molecule has 0 saturated carbocycles. The van der Waals surface area contributed by atoms with Gasteiger partial charge in [0.2, 0.25) is 5.91 Å². The van der Waals surface area contributed by atoms with E-state index < -0.39 is 0 Å². The summed E-state index contributed by atoms with van der Waals surface area (Å²) in [6.07, 6.45) is 3.08. The van der Waals surface area contributed by atoms with Gasteiger partial charge in [0.1, 0.15) is 10.9 Å². The molecule has 1 aromatic heterocycles. The lowest BCUT2D eigenvalue weighted by Crippen LogP contribution is -2.09. The minimum atomic E-state index is -0.261. The molecule has 1 heterocycles. The number of amides is 1. The number of anilines is 1. The maximum Gasteiger partial charge on any atom is 0.248 e. The molecule has 2 aromatic rings. The molecule has 6 heteroatoms. The van der Waals surface area contributed by atoms with Crippen molar-refractivity contribution in [3.05, 3.63) is 46.2 Å². The van der Waals surface area contributed by atoms with E-state index in [0.717, 1.165) is 16.8 Å². The molecule has 0 aliphatic rings. The van der Waals surface area contributed by atoms with Gasteiger partial charge < -0.3 is 10.1 Å². The Kier molecular flexibility index (Phi) is 4.88. The van der Waals surface area contributed by atoms with Crippen molar-refractivity contribution in [3.63, 3.8) is 0 Å². The Morgan fingerprint density at radius 2 is 2.14 bits per heavy atom. The fourth-order valence-corrected chi connectivity index (χ4v) is 2.33. The van der Waals surface area contributed by atoms with Crippen LogP contribution in [0.2, 0.25) is 5.15 Å². The van der Waals surface area contributed by atoms with Crippen LogP contribution in [-0.4, -0.2) is 22.8 Å². The van der Waals surface area contributed by atoms with E-state index in [9.17, 15) is 4.79 Å². The highest BCUT2D eigenvalue weighted by Crippen LogP contribution is 2.25. The zero-order valence-electron chi connectivity index (χ0n) is 13.0. The average molecular weight is 320 g/mol. The number of carbonyl (C=O) groups excluding carboxylic acids is 1. The molecule has 0 spiro atoms. The Morgan fingerprint density at radius 3 is 2.73 bits per heavy atom. The van der Waals surface area contributed by atoms with Gasteiger partial charge in [-0.05, 0) is 37.6 Å². The van der Waals surface area contributed by atoms with Gasteiger partial charge in [-0.1, -0.05) is 17.7 Å². The molecule has 0 bridgehead atoms. The number of aromatic nitrogens is 2. The molecule has 0 unspecified atom stereocenters. The first-order valence-electron chi connectivity index (χ1n) is 6.75. The van der Waals surface area contributed by atoms with E-state index in [2.05, 4.69) is 10.4 Å². The minimum Gasteiger partial charge on any atom is -0.495 e. The van der Waals surface area contributed by atoms with Crippen LogP contribution in [0, 0.1) is 13.8 Å². The van der Waals surface area contributed by atoms with Gasteiger partial charge in [0.05, 0.1) is 18.5 Å². The fourth-order valence-electron chi connectivity index (χ4n) is 2.09. The summed E-state index contributed by atoms with van der Waals surface area (Å²) in [5, 5.41) is 7.49. The molecular weight excluding hydrogens is 302 g/mol. The summed E-state index contributed by atoms with van der Waals surface area (Å²) in [6.45, 7) is 3.79. The monoisotopic (exact) mass is 319 g/mol. The highest BCUT2D eigenvalue weighted by atomic mass is 35.5. The second-order valence-electron chi connectivity index (χ2n) is 4.94. The zero-order chi connectivity index (χ0) is 16.3. The summed E-state index contributed by atoms with van der Waals surface area (Å²) in [5.74, 6) is 0.353. The normalized spacial score (nSPS) is 11.0. The van der Waals surface area contributed by atoms with Gasteiger partial charge in [-0.15, -0.1) is 0 Å². The molecule has 0 radical (unpaired) electrons. The molecule has 0 aliphatic carbocycles. The SMILES string of the molecule is COc1ccc(C)cc1NC(=O)/C=C/c1c(C)nn(C)c1Cl. The van der Waals surface area contributed by atoms with Crippen LogP contribution in [0.5, 0.6) is 5.75 Å². The van der Waals surface area contributed by atoms with Crippen molar-refractivity contribution in [2.24, 2.45) is 7.05 Å². The molecule has 0 saturated heterocycles. The zero-order valence-corrected chi connectivity index (χ0v) is 13.7. The largest absolute Gasteiger partial charge is 0.495 e. The maximum atomic E-state index is 12.1. The third-order valence-corrected chi connectivity index (χ3v) is 3.66. The van der Waals surface area contributed by atoms with Crippen molar-refractivity contribution < 1.29 is 9.53 Å². The number of methoxy groups -OCH3 is 1. The van der Waals surface area contributed by atoms with Crippen LogP contribution in [0.3, 0.4) is 0 Å². The smallest absolute Gasteiger partial charge is 0.248 e. The Morgan fingerprint density at radius 1 is 1.41 bits per heavy atom. The number of ether oxygens (including phenoxy) is 1. The lowest BCUT2D eigenvalue weighted by molar-refractivity contribution is -0.111. The summed E-state index contributed by atoms with van der Waals surface area (Å²) in [5.41, 5.74) is 3.16. The second-order valence-corrected chi connectivity index (χ2v) is 5.30. The van der Waals surface area contributed by atoms with Crippen molar-refractivity contribution in [1.29, 1.82) is 0 Å². The molecule has 0 atom stereocenters. The second kappa shape index (κ2) is 6.66. The number of aryl methyl sites for hydroxylation is 3. The first-order valence-corrected chi connectivity index (χ1v) is 7.13. The predicted molar refractivity (Wildman–Crippen MR) is 88.3 cm³/mol. The third-order valence-electron chi connectivity index (χ3n) is 3.21. The topological polar surface area (TPSA) is 56.1 Å². The van der Waals surface area contributed by atoms with E-state index in [0.29, 0.717) is 16.6 Å². The Bertz CT molecular complexity index is 735. The number of benzene rings is 1. The van der Waals surface area contributed by atoms with Crippen LogP contribution in [0.15, 0.2) is 24.3 Å². The number of rotatable bonds is 4.